The molecule has 0 fully saturated rings. The molecule has 0 atom stereocenters. The van der Waals surface area contributed by atoms with Crippen LogP contribution in [-0.4, -0.2) is 35.4 Å². The van der Waals surface area contributed by atoms with Crippen LogP contribution in [-0.2, 0) is 9.53 Å². The molecule has 0 aliphatic carbocycles. The van der Waals surface area contributed by atoms with Crippen molar-refractivity contribution in [2.45, 2.75) is 0 Å². The third-order valence-corrected chi connectivity index (χ3v) is 4.86. The van der Waals surface area contributed by atoms with Crippen LogP contribution >= 0.6 is 11.8 Å². The summed E-state index contributed by atoms with van der Waals surface area (Å²) < 4.78 is 23.1. The summed E-state index contributed by atoms with van der Waals surface area (Å²) in [6.07, 6.45) is 1.61. The molecule has 0 saturated carbocycles. The minimum absolute atomic E-state index is 0.0339. The zero-order chi connectivity index (χ0) is 20.3. The summed E-state index contributed by atoms with van der Waals surface area (Å²) in [7, 11) is 2.66. The number of benzene rings is 2. The summed E-state index contributed by atoms with van der Waals surface area (Å²) in [6.45, 7) is 0. The molecule has 2 aromatic carbocycles. The lowest BCUT2D eigenvalue weighted by atomic mass is 10.1. The molecular formula is C20H16FNO5S. The Kier molecular flexibility index (Phi) is 5.70. The van der Waals surface area contributed by atoms with Gasteiger partial charge in [0.15, 0.2) is 0 Å². The van der Waals surface area contributed by atoms with Crippen molar-refractivity contribution in [2.24, 2.45) is 4.99 Å². The number of halogens is 1. The molecule has 8 heteroatoms. The number of aromatic hydroxyl groups is 1. The molecule has 0 spiro atoms. The van der Waals surface area contributed by atoms with Gasteiger partial charge in [-0.2, -0.15) is 0 Å². The lowest BCUT2D eigenvalue weighted by Gasteiger charge is -2.06. The van der Waals surface area contributed by atoms with Gasteiger partial charge in [0, 0.05) is 11.6 Å². The van der Waals surface area contributed by atoms with E-state index in [1.165, 1.54) is 50.6 Å². The van der Waals surface area contributed by atoms with Gasteiger partial charge < -0.3 is 19.7 Å². The van der Waals surface area contributed by atoms with Crippen molar-refractivity contribution in [3.63, 3.8) is 0 Å². The Hall–Kier alpha value is -3.26. The second-order valence-corrected chi connectivity index (χ2v) is 6.68. The number of carbonyl (C=O) groups excluding carboxylic acids is 1. The van der Waals surface area contributed by atoms with E-state index in [0.29, 0.717) is 21.9 Å². The number of aliphatic hydroxyl groups is 1. The van der Waals surface area contributed by atoms with Crippen LogP contribution in [0.4, 0.5) is 10.1 Å². The van der Waals surface area contributed by atoms with Crippen molar-refractivity contribution >= 4 is 34.5 Å². The standard InChI is InChI=1S/C20H16FNO5S/c1-26-15-10-14(23)8-3-11(15)9-16-18(24)17(20(25)27-2)19(28-16)22-13-6-4-12(21)5-7-13/h3-10,23-24H,1-2H3/b16-9+,22-19?. The third-order valence-electron chi connectivity index (χ3n) is 3.84. The van der Waals surface area contributed by atoms with Crippen LogP contribution in [0, 0.1) is 5.82 Å². The van der Waals surface area contributed by atoms with E-state index in [0.717, 1.165) is 11.8 Å². The van der Waals surface area contributed by atoms with Crippen molar-refractivity contribution < 1.29 is 28.9 Å². The van der Waals surface area contributed by atoms with Crippen molar-refractivity contribution in [1.82, 2.24) is 0 Å². The number of ether oxygens (including phenoxy) is 2. The largest absolute Gasteiger partial charge is 0.508 e. The number of aliphatic imine (C=N–C) groups is 1. The molecule has 0 amide bonds. The first-order chi connectivity index (χ1) is 13.4. The summed E-state index contributed by atoms with van der Waals surface area (Å²) in [4.78, 5) is 16.8. The Morgan fingerprint density at radius 2 is 1.86 bits per heavy atom. The number of methoxy groups -OCH3 is 2. The Morgan fingerprint density at radius 1 is 1.14 bits per heavy atom. The predicted octanol–water partition coefficient (Wildman–Crippen LogP) is 4.34. The van der Waals surface area contributed by atoms with Gasteiger partial charge in [-0.25, -0.2) is 14.2 Å². The fourth-order valence-electron chi connectivity index (χ4n) is 2.48. The van der Waals surface area contributed by atoms with Gasteiger partial charge in [-0.3, -0.25) is 0 Å². The Morgan fingerprint density at radius 3 is 2.50 bits per heavy atom. The fraction of sp³-hybridized carbons (Fsp3) is 0.100. The number of carbonyl (C=O) groups is 1. The average Bonchev–Trinajstić information content (AvgIpc) is 2.99. The second-order valence-electron chi connectivity index (χ2n) is 5.65. The van der Waals surface area contributed by atoms with Crippen LogP contribution in [0.5, 0.6) is 11.5 Å². The van der Waals surface area contributed by atoms with Gasteiger partial charge in [0.2, 0.25) is 0 Å². The predicted molar refractivity (Wildman–Crippen MR) is 105 cm³/mol. The van der Waals surface area contributed by atoms with E-state index in [9.17, 15) is 19.4 Å². The SMILES string of the molecule is COC(=O)C1=C(O)/C(=C\c2ccc(O)cc2OC)SC1=Nc1ccc(F)cc1. The quantitative estimate of drug-likeness (QED) is 0.741. The highest BCUT2D eigenvalue weighted by atomic mass is 32.2. The highest BCUT2D eigenvalue weighted by molar-refractivity contribution is 8.18. The van der Waals surface area contributed by atoms with Gasteiger partial charge in [-0.15, -0.1) is 0 Å². The zero-order valence-electron chi connectivity index (χ0n) is 15.0. The fourth-order valence-corrected chi connectivity index (χ4v) is 3.51. The van der Waals surface area contributed by atoms with Crippen LogP contribution in [0.3, 0.4) is 0 Å². The molecule has 28 heavy (non-hydrogen) atoms. The molecule has 1 heterocycles. The van der Waals surface area contributed by atoms with Crippen LogP contribution in [0.15, 0.2) is 63.7 Å². The summed E-state index contributed by atoms with van der Waals surface area (Å²) in [6, 6.07) is 9.93. The molecule has 1 aliphatic rings. The first-order valence-corrected chi connectivity index (χ1v) is 8.87. The lowest BCUT2D eigenvalue weighted by molar-refractivity contribution is -0.135. The highest BCUT2D eigenvalue weighted by Crippen LogP contribution is 2.41. The second kappa shape index (κ2) is 8.18. The molecule has 0 radical (unpaired) electrons. The number of phenols is 1. The minimum atomic E-state index is -0.744. The van der Waals surface area contributed by atoms with Crippen LogP contribution in [0.2, 0.25) is 0 Å². The van der Waals surface area contributed by atoms with Gasteiger partial charge in [0.05, 0.1) is 24.8 Å². The van der Waals surface area contributed by atoms with E-state index in [4.69, 9.17) is 9.47 Å². The van der Waals surface area contributed by atoms with E-state index in [-0.39, 0.29) is 22.1 Å². The van der Waals surface area contributed by atoms with Gasteiger partial charge in [-0.05, 0) is 42.5 Å². The van der Waals surface area contributed by atoms with Crippen LogP contribution in [0.25, 0.3) is 6.08 Å². The minimum Gasteiger partial charge on any atom is -0.508 e. The van der Waals surface area contributed by atoms with Crippen LogP contribution < -0.4 is 4.74 Å². The molecule has 0 aromatic heterocycles. The molecule has 1 aliphatic heterocycles. The maximum atomic E-state index is 13.1. The van der Waals surface area contributed by atoms with Crippen molar-refractivity contribution in [1.29, 1.82) is 0 Å². The Bertz CT molecular complexity index is 1010. The van der Waals surface area contributed by atoms with Crippen LogP contribution in [0.1, 0.15) is 5.56 Å². The molecule has 2 aromatic rings. The normalized spacial score (nSPS) is 16.7. The van der Waals surface area contributed by atoms with E-state index >= 15 is 0 Å². The van der Waals surface area contributed by atoms with Crippen molar-refractivity contribution in [3.05, 3.63) is 70.1 Å². The van der Waals surface area contributed by atoms with E-state index in [1.807, 2.05) is 0 Å². The van der Waals surface area contributed by atoms with Gasteiger partial charge in [0.1, 0.15) is 33.7 Å². The van der Waals surface area contributed by atoms with Gasteiger partial charge >= 0.3 is 5.97 Å². The Balaban J connectivity index is 2.06. The molecule has 6 nitrogen and oxygen atoms in total. The number of thioether (sulfide) groups is 1. The average molecular weight is 401 g/mol. The highest BCUT2D eigenvalue weighted by Gasteiger charge is 2.33. The summed E-state index contributed by atoms with van der Waals surface area (Å²) in [5, 5.41) is 20.4. The smallest absolute Gasteiger partial charge is 0.344 e. The third kappa shape index (κ3) is 4.01. The summed E-state index contributed by atoms with van der Waals surface area (Å²) in [5.74, 6) is -1.01. The maximum absolute atomic E-state index is 13.1. The molecule has 0 bridgehead atoms. The number of rotatable bonds is 4. The zero-order valence-corrected chi connectivity index (χ0v) is 15.8. The Labute approximate surface area is 164 Å². The molecule has 3 rings (SSSR count). The van der Waals surface area contributed by atoms with E-state index in [2.05, 4.69) is 4.99 Å². The number of esters is 1. The first-order valence-electron chi connectivity index (χ1n) is 8.06. The molecule has 144 valence electrons. The topological polar surface area (TPSA) is 88.4 Å². The maximum Gasteiger partial charge on any atom is 0.344 e. The van der Waals surface area contributed by atoms with Crippen molar-refractivity contribution in [2.75, 3.05) is 14.2 Å². The monoisotopic (exact) mass is 401 g/mol. The molecule has 0 saturated heterocycles. The number of aliphatic hydroxyl groups excluding tert-OH is 1. The lowest BCUT2D eigenvalue weighted by Crippen LogP contribution is -2.10. The van der Waals surface area contributed by atoms with Gasteiger partial charge in [0.25, 0.3) is 0 Å². The van der Waals surface area contributed by atoms with E-state index < -0.39 is 11.8 Å². The van der Waals surface area contributed by atoms with Crippen molar-refractivity contribution in [3.8, 4) is 11.5 Å². The summed E-state index contributed by atoms with van der Waals surface area (Å²) in [5.41, 5.74) is 0.920. The number of hydrogen-bond donors (Lipinski definition) is 2. The van der Waals surface area contributed by atoms with E-state index in [1.54, 1.807) is 12.1 Å². The van der Waals surface area contributed by atoms with Gasteiger partial charge in [-0.1, -0.05) is 11.8 Å². The number of phenolic OH excluding ortho intramolecular Hbond substituents is 1. The molecule has 0 unspecified atom stereocenters. The molecule has 2 N–H and O–H groups in total. The number of nitrogens with zero attached hydrogens (tertiary/aromatic N) is 1. The first kappa shape index (κ1) is 19.5. The summed E-state index contributed by atoms with van der Waals surface area (Å²) >= 11 is 1.06. The molecular weight excluding hydrogens is 385 g/mol. The number of hydrogen-bond acceptors (Lipinski definition) is 7.